The fourth-order valence-corrected chi connectivity index (χ4v) is 4.74. The number of aromatic amines is 1. The van der Waals surface area contributed by atoms with Crippen molar-refractivity contribution in [3.05, 3.63) is 32.7 Å². The second-order valence-electron chi connectivity index (χ2n) is 7.86. The van der Waals surface area contributed by atoms with Crippen molar-refractivity contribution >= 4 is 16.6 Å². The van der Waals surface area contributed by atoms with Gasteiger partial charge < -0.3 is 15.0 Å². The molecule has 3 fully saturated rings. The molecule has 5 rings (SSSR count). The Balaban J connectivity index is 1.73. The molecule has 27 heavy (non-hydrogen) atoms. The standard InChI is InChI=1S/C19H23FN4O3/c1-27-17-15-12(18(25)22-19(26)24(15)11-4-5-11)7-13(20)16(17)23-8-10-3-2-6-21-14(10)9-23/h7,10-11,14,21H,2-6,8-9H2,1H3,(H,22,25,26)/t10-,14+/m0/s1. The maximum atomic E-state index is 15.1. The summed E-state index contributed by atoms with van der Waals surface area (Å²) >= 11 is 0. The highest BCUT2D eigenvalue weighted by atomic mass is 19.1. The maximum Gasteiger partial charge on any atom is 0.329 e. The molecule has 3 aliphatic rings. The van der Waals surface area contributed by atoms with Crippen molar-refractivity contribution in [1.82, 2.24) is 14.9 Å². The molecule has 0 spiro atoms. The lowest BCUT2D eigenvalue weighted by atomic mass is 9.94. The summed E-state index contributed by atoms with van der Waals surface area (Å²) in [6.45, 7) is 2.43. The number of piperidine rings is 1. The second kappa shape index (κ2) is 6.09. The molecule has 1 aliphatic carbocycles. The molecule has 2 saturated heterocycles. The van der Waals surface area contributed by atoms with Crippen LogP contribution in [0.2, 0.25) is 0 Å². The Morgan fingerprint density at radius 3 is 2.74 bits per heavy atom. The van der Waals surface area contributed by atoms with Gasteiger partial charge in [-0.25, -0.2) is 9.18 Å². The first-order valence-corrected chi connectivity index (χ1v) is 9.62. The van der Waals surface area contributed by atoms with Gasteiger partial charge in [0.25, 0.3) is 5.56 Å². The monoisotopic (exact) mass is 374 g/mol. The summed E-state index contributed by atoms with van der Waals surface area (Å²) in [5.74, 6) is 0.284. The van der Waals surface area contributed by atoms with Crippen LogP contribution in [0, 0.1) is 11.7 Å². The number of methoxy groups -OCH3 is 1. The van der Waals surface area contributed by atoms with Gasteiger partial charge in [0, 0.05) is 25.2 Å². The molecule has 8 heteroatoms. The molecule has 0 bridgehead atoms. The Labute approximate surface area is 155 Å². The maximum absolute atomic E-state index is 15.1. The average molecular weight is 374 g/mol. The fourth-order valence-electron chi connectivity index (χ4n) is 4.74. The third kappa shape index (κ3) is 2.57. The van der Waals surface area contributed by atoms with E-state index >= 15 is 4.39 Å². The SMILES string of the molecule is COc1c(N2C[C@@H]3CCCN[C@@H]3C2)c(F)cc2c(=O)[nH]c(=O)n(C3CC3)c12. The molecule has 2 N–H and O–H groups in total. The number of nitrogens with zero attached hydrogens (tertiary/aromatic N) is 2. The van der Waals surface area contributed by atoms with Crippen LogP contribution in [0.5, 0.6) is 5.75 Å². The second-order valence-corrected chi connectivity index (χ2v) is 7.86. The molecule has 1 aromatic heterocycles. The van der Waals surface area contributed by atoms with Gasteiger partial charge in [0.05, 0.1) is 12.5 Å². The van der Waals surface area contributed by atoms with Crippen LogP contribution in [0.4, 0.5) is 10.1 Å². The molecule has 3 heterocycles. The zero-order valence-corrected chi connectivity index (χ0v) is 15.3. The minimum Gasteiger partial charge on any atom is -0.492 e. The predicted molar refractivity (Wildman–Crippen MR) is 100 cm³/mol. The number of rotatable bonds is 3. The van der Waals surface area contributed by atoms with Crippen molar-refractivity contribution in [3.8, 4) is 5.75 Å². The van der Waals surface area contributed by atoms with E-state index in [2.05, 4.69) is 10.3 Å². The summed E-state index contributed by atoms with van der Waals surface area (Å²) in [7, 11) is 1.47. The van der Waals surface area contributed by atoms with Crippen LogP contribution in [-0.2, 0) is 0 Å². The van der Waals surface area contributed by atoms with Crippen LogP contribution in [0.25, 0.3) is 10.9 Å². The van der Waals surface area contributed by atoms with Crippen molar-refractivity contribution in [2.45, 2.75) is 37.8 Å². The van der Waals surface area contributed by atoms with Gasteiger partial charge in [-0.05, 0) is 44.2 Å². The Bertz CT molecular complexity index is 1010. The van der Waals surface area contributed by atoms with E-state index in [-0.39, 0.29) is 11.4 Å². The number of hydrogen-bond acceptors (Lipinski definition) is 5. The third-order valence-electron chi connectivity index (χ3n) is 6.14. The molecular formula is C19H23FN4O3. The molecule has 1 aromatic carbocycles. The van der Waals surface area contributed by atoms with Gasteiger partial charge in [0.2, 0.25) is 0 Å². The lowest BCUT2D eigenvalue weighted by Gasteiger charge is -2.24. The first kappa shape index (κ1) is 16.8. The van der Waals surface area contributed by atoms with E-state index in [0.29, 0.717) is 35.5 Å². The van der Waals surface area contributed by atoms with Crippen LogP contribution >= 0.6 is 0 Å². The first-order valence-electron chi connectivity index (χ1n) is 9.62. The summed E-state index contributed by atoms with van der Waals surface area (Å²) in [6.07, 6.45) is 3.99. The van der Waals surface area contributed by atoms with Gasteiger partial charge in [-0.2, -0.15) is 0 Å². The van der Waals surface area contributed by atoms with E-state index in [1.54, 1.807) is 4.57 Å². The van der Waals surface area contributed by atoms with Crippen molar-refractivity contribution in [3.63, 3.8) is 0 Å². The number of benzene rings is 1. The number of nitrogens with one attached hydrogen (secondary N) is 2. The number of ether oxygens (including phenoxy) is 1. The van der Waals surface area contributed by atoms with Crippen LogP contribution in [0.3, 0.4) is 0 Å². The highest BCUT2D eigenvalue weighted by Gasteiger charge is 2.38. The molecule has 1 saturated carbocycles. The summed E-state index contributed by atoms with van der Waals surface area (Å²) in [6, 6.07) is 1.62. The topological polar surface area (TPSA) is 79.4 Å². The average Bonchev–Trinajstić information content (AvgIpc) is 3.39. The van der Waals surface area contributed by atoms with Crippen molar-refractivity contribution in [2.75, 3.05) is 31.6 Å². The van der Waals surface area contributed by atoms with Crippen LogP contribution in [0.15, 0.2) is 15.7 Å². The van der Waals surface area contributed by atoms with Gasteiger partial charge in [-0.15, -0.1) is 0 Å². The largest absolute Gasteiger partial charge is 0.492 e. The highest BCUT2D eigenvalue weighted by Crippen LogP contribution is 2.43. The zero-order chi connectivity index (χ0) is 18.7. The number of aromatic nitrogens is 2. The van der Waals surface area contributed by atoms with Crippen molar-refractivity contribution < 1.29 is 9.13 Å². The normalized spacial score (nSPS) is 25.0. The minimum absolute atomic E-state index is 0.0342. The predicted octanol–water partition coefficient (Wildman–Crippen LogP) is 1.36. The van der Waals surface area contributed by atoms with Crippen molar-refractivity contribution in [2.24, 2.45) is 5.92 Å². The Hall–Kier alpha value is -2.35. The van der Waals surface area contributed by atoms with E-state index < -0.39 is 17.1 Å². The molecule has 2 aliphatic heterocycles. The molecular weight excluding hydrogens is 351 g/mol. The summed E-state index contributed by atoms with van der Waals surface area (Å²) in [5.41, 5.74) is -0.261. The summed E-state index contributed by atoms with van der Waals surface area (Å²) in [5, 5.41) is 3.68. The smallest absolute Gasteiger partial charge is 0.329 e. The fraction of sp³-hybridized carbons (Fsp3) is 0.579. The molecule has 2 atom stereocenters. The summed E-state index contributed by atoms with van der Waals surface area (Å²) < 4.78 is 22.3. The molecule has 2 aromatic rings. The van der Waals surface area contributed by atoms with Gasteiger partial charge in [-0.3, -0.25) is 14.3 Å². The van der Waals surface area contributed by atoms with E-state index in [1.165, 1.54) is 13.2 Å². The van der Waals surface area contributed by atoms with Crippen LogP contribution in [-0.4, -0.2) is 42.3 Å². The van der Waals surface area contributed by atoms with Crippen LogP contribution in [0.1, 0.15) is 31.7 Å². The minimum atomic E-state index is -0.576. The van der Waals surface area contributed by atoms with Gasteiger partial charge in [-0.1, -0.05) is 0 Å². The third-order valence-corrected chi connectivity index (χ3v) is 6.14. The van der Waals surface area contributed by atoms with E-state index in [9.17, 15) is 9.59 Å². The Kier molecular flexibility index (Phi) is 3.79. The van der Waals surface area contributed by atoms with Gasteiger partial charge in [0.1, 0.15) is 11.2 Å². The number of anilines is 1. The van der Waals surface area contributed by atoms with Gasteiger partial charge >= 0.3 is 5.69 Å². The van der Waals surface area contributed by atoms with Crippen molar-refractivity contribution in [1.29, 1.82) is 0 Å². The Morgan fingerprint density at radius 2 is 2.04 bits per heavy atom. The number of halogens is 1. The van der Waals surface area contributed by atoms with E-state index in [4.69, 9.17) is 4.74 Å². The molecule has 0 amide bonds. The molecule has 0 unspecified atom stereocenters. The van der Waals surface area contributed by atoms with Crippen LogP contribution < -0.4 is 26.2 Å². The quantitative estimate of drug-likeness (QED) is 0.848. The molecule has 0 radical (unpaired) electrons. The molecule has 144 valence electrons. The lowest BCUT2D eigenvalue weighted by Crippen LogP contribution is -2.40. The van der Waals surface area contributed by atoms with E-state index in [1.807, 2.05) is 4.90 Å². The number of H-pyrrole nitrogens is 1. The lowest BCUT2D eigenvalue weighted by molar-refractivity contribution is 0.340. The number of fused-ring (bicyclic) bond motifs is 2. The molecule has 7 nitrogen and oxygen atoms in total. The first-order chi connectivity index (χ1) is 13.1. The Morgan fingerprint density at radius 1 is 1.22 bits per heavy atom. The summed E-state index contributed by atoms with van der Waals surface area (Å²) in [4.78, 5) is 29.1. The number of hydrogen-bond donors (Lipinski definition) is 2. The van der Waals surface area contributed by atoms with E-state index in [0.717, 1.165) is 38.8 Å². The zero-order valence-electron chi connectivity index (χ0n) is 15.3. The van der Waals surface area contributed by atoms with Gasteiger partial charge in [0.15, 0.2) is 11.6 Å². The highest BCUT2D eigenvalue weighted by molar-refractivity contribution is 5.91.